The first-order chi connectivity index (χ1) is 10.5. The molecule has 0 amide bonds. The van der Waals surface area contributed by atoms with Gasteiger partial charge in [-0.2, -0.15) is 0 Å². The molecule has 0 aromatic heterocycles. The lowest BCUT2D eigenvalue weighted by molar-refractivity contribution is 0.0982. The number of ketones is 1. The Morgan fingerprint density at radius 2 is 1.68 bits per heavy atom. The summed E-state index contributed by atoms with van der Waals surface area (Å²) in [6.45, 7) is 0. The van der Waals surface area contributed by atoms with Gasteiger partial charge in [-0.3, -0.25) is 4.79 Å². The molecule has 0 aliphatic rings. The van der Waals surface area contributed by atoms with Crippen molar-refractivity contribution in [3.8, 4) is 5.75 Å². The Morgan fingerprint density at radius 3 is 2.27 bits per heavy atom. The summed E-state index contributed by atoms with van der Waals surface area (Å²) in [6, 6.07) is 13.7. The normalized spacial score (nSPS) is 11.2. The zero-order valence-electron chi connectivity index (χ0n) is 12.2. The highest BCUT2D eigenvalue weighted by molar-refractivity contribution is 6.34. The molecule has 0 aliphatic carbocycles. The van der Waals surface area contributed by atoms with Crippen LogP contribution >= 0.6 is 23.2 Å². The minimum atomic E-state index is -0.283. The van der Waals surface area contributed by atoms with E-state index in [0.717, 1.165) is 0 Å². The smallest absolute Gasteiger partial charge is 0.231 e. The largest absolute Gasteiger partial charge is 0.452 e. The second-order valence-corrected chi connectivity index (χ2v) is 5.67. The number of halogens is 2. The molecule has 0 unspecified atom stereocenters. The fourth-order valence-electron chi connectivity index (χ4n) is 1.77. The molecule has 0 bridgehead atoms. The monoisotopic (exact) mass is 335 g/mol. The Morgan fingerprint density at radius 1 is 1.05 bits per heavy atom. The molecule has 2 aromatic carbocycles. The summed E-state index contributed by atoms with van der Waals surface area (Å²) < 4.78 is 5.70. The van der Waals surface area contributed by atoms with E-state index in [2.05, 4.69) is 0 Å². The number of carbonyl (C=O) groups excluding carboxylic acids is 1. The lowest BCUT2D eigenvalue weighted by Crippen LogP contribution is -2.14. The van der Waals surface area contributed by atoms with Crippen LogP contribution in [0.15, 0.2) is 60.5 Å². The molecule has 3 nitrogen and oxygen atoms in total. The number of hydrogen-bond acceptors (Lipinski definition) is 3. The Hall–Kier alpha value is -1.97. The molecule has 0 saturated heterocycles. The molecule has 2 rings (SSSR count). The van der Waals surface area contributed by atoms with E-state index in [1.165, 1.54) is 0 Å². The van der Waals surface area contributed by atoms with Crippen molar-refractivity contribution < 1.29 is 9.53 Å². The lowest BCUT2D eigenvalue weighted by Gasteiger charge is -2.13. The van der Waals surface area contributed by atoms with Gasteiger partial charge in [0.1, 0.15) is 5.75 Å². The molecule has 0 N–H and O–H groups in total. The summed E-state index contributed by atoms with van der Waals surface area (Å²) in [5.41, 5.74) is 0.395. The van der Waals surface area contributed by atoms with Crippen LogP contribution in [-0.4, -0.2) is 24.8 Å². The van der Waals surface area contributed by atoms with Crippen LogP contribution in [0.2, 0.25) is 10.0 Å². The third-order valence-corrected chi connectivity index (χ3v) is 3.34. The Kier molecular flexibility index (Phi) is 5.47. The van der Waals surface area contributed by atoms with Crippen LogP contribution in [0.1, 0.15) is 10.4 Å². The van der Waals surface area contributed by atoms with Crippen LogP contribution < -0.4 is 4.74 Å². The van der Waals surface area contributed by atoms with Crippen LogP contribution in [0.25, 0.3) is 0 Å². The van der Waals surface area contributed by atoms with Gasteiger partial charge in [0.15, 0.2) is 5.76 Å². The van der Waals surface area contributed by atoms with Gasteiger partial charge in [0.2, 0.25) is 5.78 Å². The fraction of sp³-hybridized carbons (Fsp3) is 0.118. The molecular weight excluding hydrogens is 321 g/mol. The van der Waals surface area contributed by atoms with E-state index in [1.54, 1.807) is 59.6 Å². The highest BCUT2D eigenvalue weighted by Gasteiger charge is 2.18. The van der Waals surface area contributed by atoms with Crippen LogP contribution in [0, 0.1) is 0 Å². The maximum absolute atomic E-state index is 12.6. The molecule has 0 saturated carbocycles. The maximum atomic E-state index is 12.6. The van der Waals surface area contributed by atoms with Crippen molar-refractivity contribution in [2.75, 3.05) is 14.1 Å². The summed E-state index contributed by atoms with van der Waals surface area (Å²) in [6.07, 6.45) is 1.61. The summed E-state index contributed by atoms with van der Waals surface area (Å²) in [4.78, 5) is 14.4. The topological polar surface area (TPSA) is 29.5 Å². The van der Waals surface area contributed by atoms with E-state index in [9.17, 15) is 4.79 Å². The standard InChI is InChI=1S/C17H15Cl2NO2/c1-20(2)11-16(22-13-9-7-12(18)8-10-13)17(21)14-5-3-4-6-15(14)19/h3-11H,1-2H3/b16-11+. The van der Waals surface area contributed by atoms with Crippen molar-refractivity contribution in [2.24, 2.45) is 0 Å². The van der Waals surface area contributed by atoms with Crippen LogP contribution in [0.4, 0.5) is 0 Å². The van der Waals surface area contributed by atoms with Gasteiger partial charge in [-0.25, -0.2) is 0 Å². The van der Waals surface area contributed by atoms with E-state index < -0.39 is 0 Å². The number of benzene rings is 2. The quantitative estimate of drug-likeness (QED) is 0.452. The Labute approximate surface area is 139 Å². The zero-order chi connectivity index (χ0) is 16.1. The van der Waals surface area contributed by atoms with E-state index >= 15 is 0 Å². The number of rotatable bonds is 5. The third-order valence-electron chi connectivity index (χ3n) is 2.76. The van der Waals surface area contributed by atoms with Gasteiger partial charge in [0.25, 0.3) is 0 Å². The molecule has 0 atom stereocenters. The average Bonchev–Trinajstić information content (AvgIpc) is 2.48. The van der Waals surface area contributed by atoms with Crippen molar-refractivity contribution in [2.45, 2.75) is 0 Å². The van der Waals surface area contributed by atoms with Crippen molar-refractivity contribution in [3.05, 3.63) is 76.1 Å². The number of nitrogens with zero attached hydrogens (tertiary/aromatic N) is 1. The van der Waals surface area contributed by atoms with Crippen molar-refractivity contribution in [1.82, 2.24) is 4.90 Å². The molecular formula is C17H15Cl2NO2. The van der Waals surface area contributed by atoms with Gasteiger partial charge in [-0.05, 0) is 36.4 Å². The predicted molar refractivity (Wildman–Crippen MR) is 89.6 cm³/mol. The molecule has 0 radical (unpaired) electrons. The molecule has 0 spiro atoms. The average molecular weight is 336 g/mol. The SMILES string of the molecule is CN(C)/C=C(/Oc1ccc(Cl)cc1)C(=O)c1ccccc1Cl. The van der Waals surface area contributed by atoms with E-state index in [1.807, 2.05) is 14.1 Å². The fourth-order valence-corrected chi connectivity index (χ4v) is 2.12. The Bertz CT molecular complexity index is 694. The number of carbonyl (C=O) groups is 1. The Balaban J connectivity index is 2.33. The van der Waals surface area contributed by atoms with E-state index in [-0.39, 0.29) is 11.5 Å². The molecule has 0 heterocycles. The number of allylic oxidation sites excluding steroid dienone is 1. The molecule has 0 aliphatic heterocycles. The van der Waals surface area contributed by atoms with E-state index in [0.29, 0.717) is 21.4 Å². The highest BCUT2D eigenvalue weighted by atomic mass is 35.5. The maximum Gasteiger partial charge on any atom is 0.231 e. The minimum absolute atomic E-state index is 0.181. The van der Waals surface area contributed by atoms with Gasteiger partial charge < -0.3 is 9.64 Å². The van der Waals surface area contributed by atoms with Crippen LogP contribution in [0.5, 0.6) is 5.75 Å². The molecule has 114 valence electrons. The first-order valence-corrected chi connectivity index (χ1v) is 7.34. The number of ether oxygens (including phenoxy) is 1. The molecule has 5 heteroatoms. The number of Topliss-reactive ketones (excluding diaryl/α,β-unsaturated/α-hetero) is 1. The van der Waals surface area contributed by atoms with Crippen molar-refractivity contribution >= 4 is 29.0 Å². The predicted octanol–water partition coefficient (Wildman–Crippen LogP) is 4.66. The highest BCUT2D eigenvalue weighted by Crippen LogP contribution is 2.23. The van der Waals surface area contributed by atoms with Crippen molar-refractivity contribution in [1.29, 1.82) is 0 Å². The third kappa shape index (κ3) is 4.26. The first kappa shape index (κ1) is 16.4. The van der Waals surface area contributed by atoms with Gasteiger partial charge in [0, 0.05) is 30.9 Å². The summed E-state index contributed by atoms with van der Waals surface area (Å²) >= 11 is 11.9. The van der Waals surface area contributed by atoms with E-state index in [4.69, 9.17) is 27.9 Å². The summed E-state index contributed by atoms with van der Waals surface area (Å²) in [5, 5.41) is 0.986. The number of hydrogen-bond donors (Lipinski definition) is 0. The molecule has 0 fully saturated rings. The van der Waals surface area contributed by atoms with Gasteiger partial charge in [0.05, 0.1) is 5.02 Å². The van der Waals surface area contributed by atoms with Crippen LogP contribution in [-0.2, 0) is 0 Å². The second kappa shape index (κ2) is 7.34. The zero-order valence-corrected chi connectivity index (χ0v) is 13.7. The van der Waals surface area contributed by atoms with Gasteiger partial charge in [-0.1, -0.05) is 35.3 Å². The van der Waals surface area contributed by atoms with Crippen molar-refractivity contribution in [3.63, 3.8) is 0 Å². The molecule has 22 heavy (non-hydrogen) atoms. The lowest BCUT2D eigenvalue weighted by atomic mass is 10.1. The first-order valence-electron chi connectivity index (χ1n) is 6.58. The van der Waals surface area contributed by atoms with Crippen LogP contribution in [0.3, 0.4) is 0 Å². The second-order valence-electron chi connectivity index (χ2n) is 4.82. The molecule has 2 aromatic rings. The minimum Gasteiger partial charge on any atom is -0.452 e. The summed E-state index contributed by atoms with van der Waals surface area (Å²) in [5.74, 6) is 0.424. The van der Waals surface area contributed by atoms with Gasteiger partial charge >= 0.3 is 0 Å². The van der Waals surface area contributed by atoms with Gasteiger partial charge in [-0.15, -0.1) is 0 Å². The summed E-state index contributed by atoms with van der Waals surface area (Å²) in [7, 11) is 3.62.